The van der Waals surface area contributed by atoms with Gasteiger partial charge in [0, 0.05) is 23.8 Å². The van der Waals surface area contributed by atoms with Crippen molar-refractivity contribution in [1.29, 1.82) is 0 Å². The smallest absolute Gasteiger partial charge is 0.180 e. The number of aromatic nitrogens is 1. The summed E-state index contributed by atoms with van der Waals surface area (Å²) >= 11 is 1.54. The fourth-order valence-electron chi connectivity index (χ4n) is 1.89. The van der Waals surface area contributed by atoms with Gasteiger partial charge >= 0.3 is 0 Å². The fourth-order valence-corrected chi connectivity index (χ4v) is 2.63. The van der Waals surface area contributed by atoms with Crippen molar-refractivity contribution in [3.63, 3.8) is 0 Å². The Labute approximate surface area is 106 Å². The van der Waals surface area contributed by atoms with E-state index in [1.165, 1.54) is 21.7 Å². The third-order valence-corrected chi connectivity index (χ3v) is 3.42. The molecule has 2 N–H and O–H groups in total. The number of hydrogen-bond donors (Lipinski definition) is 1. The van der Waals surface area contributed by atoms with Crippen molar-refractivity contribution in [1.82, 2.24) is 4.98 Å². The molecule has 0 amide bonds. The van der Waals surface area contributed by atoms with Crippen LogP contribution in [0, 0.1) is 13.8 Å². The summed E-state index contributed by atoms with van der Waals surface area (Å²) in [5.74, 6) is 0. The van der Waals surface area contributed by atoms with E-state index in [-0.39, 0.29) is 0 Å². The lowest BCUT2D eigenvalue weighted by molar-refractivity contribution is 0.934. The lowest BCUT2D eigenvalue weighted by Gasteiger charge is -2.19. The first-order chi connectivity index (χ1) is 8.04. The highest BCUT2D eigenvalue weighted by molar-refractivity contribution is 7.15. The Bertz CT molecular complexity index is 499. The van der Waals surface area contributed by atoms with Crippen molar-refractivity contribution in [3.8, 4) is 0 Å². The van der Waals surface area contributed by atoms with Gasteiger partial charge in [-0.3, -0.25) is 0 Å². The molecule has 0 atom stereocenters. The number of nitrogens with two attached hydrogens (primary N) is 1. The second-order valence-electron chi connectivity index (χ2n) is 4.37. The molecule has 1 aromatic carbocycles. The van der Waals surface area contributed by atoms with Crippen molar-refractivity contribution in [2.24, 2.45) is 0 Å². The zero-order valence-corrected chi connectivity index (χ0v) is 11.2. The van der Waals surface area contributed by atoms with Gasteiger partial charge in [-0.05, 0) is 37.1 Å². The summed E-state index contributed by atoms with van der Waals surface area (Å²) in [6.07, 6.45) is 1.85. The minimum atomic E-state index is 0.633. The van der Waals surface area contributed by atoms with Gasteiger partial charge < -0.3 is 10.6 Å². The SMILES string of the molecule is Cc1cc(C)cc(N(C)Cc2cnc(N)s2)c1. The van der Waals surface area contributed by atoms with Crippen LogP contribution in [0.4, 0.5) is 10.8 Å². The summed E-state index contributed by atoms with van der Waals surface area (Å²) in [5.41, 5.74) is 9.44. The van der Waals surface area contributed by atoms with Crippen molar-refractivity contribution in [2.45, 2.75) is 20.4 Å². The van der Waals surface area contributed by atoms with Gasteiger partial charge in [-0.1, -0.05) is 6.07 Å². The van der Waals surface area contributed by atoms with E-state index < -0.39 is 0 Å². The molecule has 0 aliphatic heterocycles. The van der Waals surface area contributed by atoms with Crippen LogP contribution in [0.3, 0.4) is 0 Å². The average Bonchev–Trinajstić information content (AvgIpc) is 2.62. The van der Waals surface area contributed by atoms with Gasteiger partial charge in [0.2, 0.25) is 0 Å². The molecule has 0 spiro atoms. The van der Waals surface area contributed by atoms with Crippen LogP contribution in [0.25, 0.3) is 0 Å². The molecule has 3 nitrogen and oxygen atoms in total. The molecule has 0 aliphatic carbocycles. The number of hydrogen-bond acceptors (Lipinski definition) is 4. The Hall–Kier alpha value is -1.55. The van der Waals surface area contributed by atoms with E-state index in [0.717, 1.165) is 6.54 Å². The zero-order chi connectivity index (χ0) is 12.4. The predicted molar refractivity (Wildman–Crippen MR) is 74.5 cm³/mol. The predicted octanol–water partition coefficient (Wildman–Crippen LogP) is 2.98. The fraction of sp³-hybridized carbons (Fsp3) is 0.308. The molecule has 1 aromatic heterocycles. The maximum Gasteiger partial charge on any atom is 0.180 e. The van der Waals surface area contributed by atoms with E-state index in [4.69, 9.17) is 5.73 Å². The van der Waals surface area contributed by atoms with Crippen LogP contribution in [-0.4, -0.2) is 12.0 Å². The minimum absolute atomic E-state index is 0.633. The number of benzene rings is 1. The van der Waals surface area contributed by atoms with Gasteiger partial charge in [0.15, 0.2) is 5.13 Å². The van der Waals surface area contributed by atoms with E-state index in [9.17, 15) is 0 Å². The standard InChI is InChI=1S/C13H17N3S/c1-9-4-10(2)6-11(5-9)16(3)8-12-7-15-13(14)17-12/h4-7H,8H2,1-3H3,(H2,14,15). The van der Waals surface area contributed by atoms with Crippen LogP contribution >= 0.6 is 11.3 Å². The summed E-state index contributed by atoms with van der Waals surface area (Å²) in [4.78, 5) is 7.47. The second kappa shape index (κ2) is 4.75. The molecule has 0 unspecified atom stereocenters. The van der Waals surface area contributed by atoms with Crippen LogP contribution in [0.15, 0.2) is 24.4 Å². The Balaban J connectivity index is 2.16. The Morgan fingerprint density at radius 2 is 1.88 bits per heavy atom. The lowest BCUT2D eigenvalue weighted by Crippen LogP contribution is -2.15. The van der Waals surface area contributed by atoms with E-state index in [2.05, 4.69) is 49.0 Å². The Morgan fingerprint density at radius 3 is 2.41 bits per heavy atom. The van der Waals surface area contributed by atoms with Gasteiger partial charge in [-0.2, -0.15) is 0 Å². The second-order valence-corrected chi connectivity index (χ2v) is 5.51. The van der Waals surface area contributed by atoms with Crippen molar-refractivity contribution >= 4 is 22.2 Å². The molecular weight excluding hydrogens is 230 g/mol. The number of anilines is 2. The first-order valence-corrected chi connectivity index (χ1v) is 6.36. The third-order valence-electron chi connectivity index (χ3n) is 2.61. The van der Waals surface area contributed by atoms with Gasteiger partial charge in [0.05, 0.1) is 6.54 Å². The van der Waals surface area contributed by atoms with Crippen LogP contribution in [0.1, 0.15) is 16.0 Å². The summed E-state index contributed by atoms with van der Waals surface area (Å²) in [6.45, 7) is 5.09. The summed E-state index contributed by atoms with van der Waals surface area (Å²) in [5, 5.41) is 0.633. The van der Waals surface area contributed by atoms with Gasteiger partial charge in [0.1, 0.15) is 0 Å². The molecule has 90 valence electrons. The highest BCUT2D eigenvalue weighted by Crippen LogP contribution is 2.22. The summed E-state index contributed by atoms with van der Waals surface area (Å²) < 4.78 is 0. The Kier molecular flexibility index (Phi) is 3.33. The lowest BCUT2D eigenvalue weighted by atomic mass is 10.1. The average molecular weight is 247 g/mol. The molecule has 4 heteroatoms. The van der Waals surface area contributed by atoms with Gasteiger partial charge in [-0.25, -0.2) is 4.98 Å². The molecule has 1 heterocycles. The first kappa shape index (κ1) is 11.9. The van der Waals surface area contributed by atoms with Crippen LogP contribution in [0.5, 0.6) is 0 Å². The maximum absolute atomic E-state index is 5.63. The van der Waals surface area contributed by atoms with E-state index in [1.807, 2.05) is 6.20 Å². The molecule has 17 heavy (non-hydrogen) atoms. The monoisotopic (exact) mass is 247 g/mol. The number of thiazole rings is 1. The molecule has 0 saturated carbocycles. The molecular formula is C13H17N3S. The Morgan fingerprint density at radius 1 is 1.24 bits per heavy atom. The topological polar surface area (TPSA) is 42.2 Å². The van der Waals surface area contributed by atoms with Crippen LogP contribution in [-0.2, 0) is 6.54 Å². The number of aryl methyl sites for hydroxylation is 2. The molecule has 0 bridgehead atoms. The molecule has 0 fully saturated rings. The van der Waals surface area contributed by atoms with Crippen LogP contribution in [0.2, 0.25) is 0 Å². The molecule has 0 radical (unpaired) electrons. The quantitative estimate of drug-likeness (QED) is 0.906. The molecule has 2 rings (SSSR count). The first-order valence-electron chi connectivity index (χ1n) is 5.54. The largest absolute Gasteiger partial charge is 0.375 e. The zero-order valence-electron chi connectivity index (χ0n) is 10.4. The number of rotatable bonds is 3. The maximum atomic E-state index is 5.63. The van der Waals surface area contributed by atoms with Gasteiger partial charge in [-0.15, -0.1) is 11.3 Å². The number of nitrogen functional groups attached to an aromatic ring is 1. The molecule has 0 aliphatic rings. The van der Waals surface area contributed by atoms with Crippen LogP contribution < -0.4 is 10.6 Å². The van der Waals surface area contributed by atoms with Crippen molar-refractivity contribution in [3.05, 3.63) is 40.4 Å². The van der Waals surface area contributed by atoms with E-state index in [1.54, 1.807) is 11.3 Å². The number of nitrogens with zero attached hydrogens (tertiary/aromatic N) is 2. The molecule has 0 saturated heterocycles. The third kappa shape index (κ3) is 2.97. The van der Waals surface area contributed by atoms with Crippen molar-refractivity contribution in [2.75, 3.05) is 17.7 Å². The van der Waals surface area contributed by atoms with Gasteiger partial charge in [0.25, 0.3) is 0 Å². The van der Waals surface area contributed by atoms with E-state index in [0.29, 0.717) is 5.13 Å². The summed E-state index contributed by atoms with van der Waals surface area (Å²) in [6, 6.07) is 6.57. The summed E-state index contributed by atoms with van der Waals surface area (Å²) in [7, 11) is 2.09. The van der Waals surface area contributed by atoms with Crippen molar-refractivity contribution < 1.29 is 0 Å². The minimum Gasteiger partial charge on any atom is -0.375 e. The highest BCUT2D eigenvalue weighted by atomic mass is 32.1. The van der Waals surface area contributed by atoms with E-state index >= 15 is 0 Å². The highest BCUT2D eigenvalue weighted by Gasteiger charge is 2.05. The molecule has 2 aromatic rings. The normalized spacial score (nSPS) is 10.5.